The predicted octanol–water partition coefficient (Wildman–Crippen LogP) is -0.887. The van der Waals surface area contributed by atoms with Gasteiger partial charge in [-0.15, -0.1) is 0 Å². The molecule has 28 heavy (non-hydrogen) atoms. The van der Waals surface area contributed by atoms with Gasteiger partial charge in [0.05, 0.1) is 41.0 Å². The van der Waals surface area contributed by atoms with Crippen LogP contribution in [-0.4, -0.2) is 72.3 Å². The number of hydrogen-bond donors (Lipinski definition) is 5. The summed E-state index contributed by atoms with van der Waals surface area (Å²) in [7, 11) is 0. The summed E-state index contributed by atoms with van der Waals surface area (Å²) in [6, 6.07) is 3.97. The lowest BCUT2D eigenvalue weighted by atomic mass is 10.1. The van der Waals surface area contributed by atoms with Crippen LogP contribution in [0.2, 0.25) is 5.02 Å². The molecule has 1 saturated carbocycles. The highest BCUT2D eigenvalue weighted by molar-refractivity contribution is 6.35. The molecule has 0 saturated heterocycles. The van der Waals surface area contributed by atoms with Gasteiger partial charge < -0.3 is 30.3 Å². The number of carboxylic acid groups (broad SMARTS) is 1. The number of rotatable bonds is 6. The highest BCUT2D eigenvalue weighted by Crippen LogP contribution is 2.35. The van der Waals surface area contributed by atoms with Crippen LogP contribution in [-0.2, 0) is 9.53 Å². The lowest BCUT2D eigenvalue weighted by Crippen LogP contribution is -2.39. The van der Waals surface area contributed by atoms with Crippen LogP contribution in [0.3, 0.4) is 0 Å². The second kappa shape index (κ2) is 8.11. The molecule has 0 aliphatic heterocycles. The number of aliphatic hydroxyl groups excluding tert-OH is 3. The fourth-order valence-electron chi connectivity index (χ4n) is 3.43. The summed E-state index contributed by atoms with van der Waals surface area (Å²) in [4.78, 5) is 27.9. The first-order chi connectivity index (χ1) is 13.2. The van der Waals surface area contributed by atoms with Crippen molar-refractivity contribution in [2.75, 3.05) is 6.61 Å². The molecule has 2 aromatic rings. The van der Waals surface area contributed by atoms with Crippen LogP contribution < -0.4 is 5.56 Å². The molecule has 0 spiro atoms. The highest BCUT2D eigenvalue weighted by atomic mass is 35.5. The zero-order chi connectivity index (χ0) is 20.6. The Morgan fingerprint density at radius 2 is 2.04 bits per heavy atom. The molecule has 0 amide bonds. The standard InChI is InChI=1S/C17H19ClN2O8/c18-8-2-1-3-9-11(8)15(23)20(6-19-9)10-4-7(12(21)13(10)22)5-28-14(16(24)25)17(26)27/h1-3,6-7,10,12-14,16,21-22,24-25H,4-5H2,(H,26,27)/t7-,10-,12-,13+,14?/m1/s1. The van der Waals surface area contributed by atoms with Crippen LogP contribution in [0, 0.1) is 5.92 Å². The Labute approximate surface area is 163 Å². The first-order valence-corrected chi connectivity index (χ1v) is 8.82. The molecule has 10 nitrogen and oxygen atoms in total. The van der Waals surface area contributed by atoms with Crippen molar-refractivity contribution in [2.24, 2.45) is 5.92 Å². The molecule has 152 valence electrons. The summed E-state index contributed by atoms with van der Waals surface area (Å²) < 4.78 is 6.15. The Morgan fingerprint density at radius 3 is 2.68 bits per heavy atom. The van der Waals surface area contributed by atoms with Crippen molar-refractivity contribution in [1.82, 2.24) is 9.55 Å². The summed E-state index contributed by atoms with van der Waals surface area (Å²) in [5.74, 6) is -2.32. The van der Waals surface area contributed by atoms with Crippen LogP contribution in [0.25, 0.3) is 10.9 Å². The van der Waals surface area contributed by atoms with E-state index in [2.05, 4.69) is 4.98 Å². The molecule has 1 fully saturated rings. The van der Waals surface area contributed by atoms with Crippen LogP contribution >= 0.6 is 11.6 Å². The van der Waals surface area contributed by atoms with Gasteiger partial charge in [0.25, 0.3) is 5.56 Å². The van der Waals surface area contributed by atoms with Crippen LogP contribution in [0.5, 0.6) is 0 Å². The molecule has 11 heteroatoms. The van der Waals surface area contributed by atoms with Gasteiger partial charge in [-0.3, -0.25) is 9.36 Å². The lowest BCUT2D eigenvalue weighted by molar-refractivity contribution is -0.186. The Balaban J connectivity index is 1.84. The van der Waals surface area contributed by atoms with Crippen molar-refractivity contribution < 1.29 is 35.1 Å². The van der Waals surface area contributed by atoms with E-state index in [1.165, 1.54) is 10.9 Å². The number of ether oxygens (including phenoxy) is 1. The average molecular weight is 415 g/mol. The van der Waals surface area contributed by atoms with E-state index in [0.29, 0.717) is 5.52 Å². The summed E-state index contributed by atoms with van der Waals surface area (Å²) in [5, 5.41) is 48.0. The minimum absolute atomic E-state index is 0.0771. The maximum absolute atomic E-state index is 12.8. The Bertz CT molecular complexity index is 933. The predicted molar refractivity (Wildman–Crippen MR) is 95.8 cm³/mol. The molecular formula is C17H19ClN2O8. The van der Waals surface area contributed by atoms with Gasteiger partial charge >= 0.3 is 5.97 Å². The third kappa shape index (κ3) is 3.75. The number of nitrogens with zero attached hydrogens (tertiary/aromatic N) is 2. The van der Waals surface area contributed by atoms with E-state index < -0.39 is 48.1 Å². The first kappa shape index (κ1) is 20.6. The topological polar surface area (TPSA) is 162 Å². The Hall–Kier alpha value is -2.08. The smallest absolute Gasteiger partial charge is 0.338 e. The summed E-state index contributed by atoms with van der Waals surface area (Å²) in [5.41, 5.74) is -0.0921. The van der Waals surface area contributed by atoms with E-state index >= 15 is 0 Å². The Morgan fingerprint density at radius 1 is 1.32 bits per heavy atom. The number of halogens is 1. The van der Waals surface area contributed by atoms with Gasteiger partial charge in [-0.1, -0.05) is 17.7 Å². The average Bonchev–Trinajstić information content (AvgIpc) is 2.90. The number of hydrogen-bond acceptors (Lipinski definition) is 8. The molecule has 0 radical (unpaired) electrons. The first-order valence-electron chi connectivity index (χ1n) is 8.44. The molecule has 5 atom stereocenters. The third-order valence-electron chi connectivity index (χ3n) is 4.89. The third-order valence-corrected chi connectivity index (χ3v) is 5.21. The molecule has 1 heterocycles. The van der Waals surface area contributed by atoms with Crippen LogP contribution in [0.15, 0.2) is 29.3 Å². The summed E-state index contributed by atoms with van der Waals surface area (Å²) >= 11 is 6.09. The number of carbonyl (C=O) groups is 1. The van der Waals surface area contributed by atoms with Gasteiger partial charge in [-0.05, 0) is 18.6 Å². The van der Waals surface area contributed by atoms with Gasteiger partial charge in [0.2, 0.25) is 6.10 Å². The van der Waals surface area contributed by atoms with Gasteiger partial charge in [-0.2, -0.15) is 0 Å². The minimum Gasteiger partial charge on any atom is -0.479 e. The number of aliphatic hydroxyl groups is 4. The second-order valence-electron chi connectivity index (χ2n) is 6.64. The van der Waals surface area contributed by atoms with Crippen LogP contribution in [0.1, 0.15) is 12.5 Å². The number of aromatic nitrogens is 2. The van der Waals surface area contributed by atoms with Gasteiger partial charge in [0, 0.05) is 5.92 Å². The molecule has 1 aliphatic rings. The molecular weight excluding hydrogens is 396 g/mol. The quantitative estimate of drug-likeness (QED) is 0.377. The van der Waals surface area contributed by atoms with Gasteiger partial charge in [0.1, 0.15) is 6.10 Å². The van der Waals surface area contributed by atoms with Crippen molar-refractivity contribution >= 4 is 28.5 Å². The van der Waals surface area contributed by atoms with Crippen molar-refractivity contribution in [3.8, 4) is 0 Å². The largest absolute Gasteiger partial charge is 0.479 e. The molecule has 1 unspecified atom stereocenters. The minimum atomic E-state index is -2.24. The number of benzene rings is 1. The van der Waals surface area contributed by atoms with Crippen LogP contribution in [0.4, 0.5) is 0 Å². The normalized spacial score (nSPS) is 26.1. The zero-order valence-electron chi connectivity index (χ0n) is 14.4. The summed E-state index contributed by atoms with van der Waals surface area (Å²) in [6.45, 7) is -0.361. The maximum Gasteiger partial charge on any atom is 0.338 e. The van der Waals surface area contributed by atoms with Crippen molar-refractivity contribution in [3.63, 3.8) is 0 Å². The molecule has 1 aromatic carbocycles. The van der Waals surface area contributed by atoms with E-state index in [4.69, 9.17) is 31.7 Å². The van der Waals surface area contributed by atoms with E-state index in [1.54, 1.807) is 18.2 Å². The molecule has 1 aliphatic carbocycles. The van der Waals surface area contributed by atoms with Gasteiger partial charge in [-0.25, -0.2) is 9.78 Å². The van der Waals surface area contributed by atoms with Crippen molar-refractivity contribution in [3.05, 3.63) is 39.9 Å². The number of aliphatic carboxylic acids is 1. The molecule has 5 N–H and O–H groups in total. The molecule has 3 rings (SSSR count). The monoisotopic (exact) mass is 414 g/mol. The van der Waals surface area contributed by atoms with Gasteiger partial charge in [0.15, 0.2) is 6.29 Å². The second-order valence-corrected chi connectivity index (χ2v) is 7.05. The molecule has 1 aromatic heterocycles. The van der Waals surface area contributed by atoms with Crippen molar-refractivity contribution in [1.29, 1.82) is 0 Å². The highest BCUT2D eigenvalue weighted by Gasteiger charge is 2.43. The van der Waals surface area contributed by atoms with E-state index in [9.17, 15) is 19.8 Å². The Kier molecular flexibility index (Phi) is 5.98. The fraction of sp³-hybridized carbons (Fsp3) is 0.471. The van der Waals surface area contributed by atoms with E-state index in [-0.39, 0.29) is 23.4 Å². The summed E-state index contributed by atoms with van der Waals surface area (Å²) in [6.07, 6.45) is -5.46. The molecule has 0 bridgehead atoms. The number of carboxylic acids is 1. The van der Waals surface area contributed by atoms with E-state index in [0.717, 1.165) is 0 Å². The fourth-order valence-corrected chi connectivity index (χ4v) is 3.68. The SMILES string of the molecule is O=C(O)C(OC[C@H]1C[C@@H](n2cnc3cccc(Cl)c3c2=O)[C@H](O)[C@@H]1O)C(O)O. The zero-order valence-corrected chi connectivity index (χ0v) is 15.2. The number of fused-ring (bicyclic) bond motifs is 1. The van der Waals surface area contributed by atoms with Crippen molar-refractivity contribution in [2.45, 2.75) is 37.1 Å². The van der Waals surface area contributed by atoms with E-state index in [1.807, 2.05) is 0 Å². The lowest BCUT2D eigenvalue weighted by Gasteiger charge is -2.20. The maximum atomic E-state index is 12.8.